The van der Waals surface area contributed by atoms with Crippen LogP contribution in [0.1, 0.15) is 6.92 Å². The highest BCUT2D eigenvalue weighted by Crippen LogP contribution is 2.21. The van der Waals surface area contributed by atoms with Crippen molar-refractivity contribution in [2.75, 3.05) is 52.1 Å². The maximum atomic E-state index is 12.4. The van der Waals surface area contributed by atoms with Gasteiger partial charge in [-0.1, -0.05) is 23.7 Å². The minimum atomic E-state index is -0.243. The van der Waals surface area contributed by atoms with Gasteiger partial charge in [-0.25, -0.2) is 0 Å². The van der Waals surface area contributed by atoms with Gasteiger partial charge in [0.1, 0.15) is 0 Å². The minimum Gasteiger partial charge on any atom is -0.348 e. The second kappa shape index (κ2) is 8.46. The van der Waals surface area contributed by atoms with Crippen molar-refractivity contribution in [3.8, 4) is 0 Å². The Morgan fingerprint density at radius 1 is 1.21 bits per heavy atom. The Hall–Kier alpha value is -1.63. The van der Waals surface area contributed by atoms with E-state index >= 15 is 0 Å². The van der Waals surface area contributed by atoms with E-state index < -0.39 is 0 Å². The lowest BCUT2D eigenvalue weighted by Gasteiger charge is -2.37. The van der Waals surface area contributed by atoms with Gasteiger partial charge in [-0.2, -0.15) is 0 Å². The number of piperazine rings is 1. The fourth-order valence-corrected chi connectivity index (χ4v) is 2.79. The van der Waals surface area contributed by atoms with E-state index in [1.807, 2.05) is 19.1 Å². The third kappa shape index (κ3) is 4.93. The molecule has 1 aromatic carbocycles. The zero-order valence-corrected chi connectivity index (χ0v) is 15.2. The lowest BCUT2D eigenvalue weighted by Crippen LogP contribution is -2.54. The van der Waals surface area contributed by atoms with E-state index in [0.717, 1.165) is 26.2 Å². The van der Waals surface area contributed by atoms with Gasteiger partial charge in [0.2, 0.25) is 11.8 Å². The topological polar surface area (TPSA) is 55.9 Å². The Morgan fingerprint density at radius 2 is 1.83 bits per heavy atom. The van der Waals surface area contributed by atoms with Crippen LogP contribution in [-0.2, 0) is 9.59 Å². The van der Waals surface area contributed by atoms with E-state index in [4.69, 9.17) is 11.6 Å². The molecule has 1 aromatic rings. The van der Waals surface area contributed by atoms with E-state index in [1.165, 1.54) is 0 Å². The van der Waals surface area contributed by atoms with Crippen LogP contribution in [-0.4, -0.2) is 79.4 Å². The van der Waals surface area contributed by atoms with Crippen LogP contribution < -0.4 is 5.32 Å². The molecule has 1 aliphatic rings. The zero-order chi connectivity index (χ0) is 17.7. The highest BCUT2D eigenvalue weighted by molar-refractivity contribution is 6.33. The van der Waals surface area contributed by atoms with Crippen LogP contribution in [0.5, 0.6) is 0 Å². The minimum absolute atomic E-state index is 0.0686. The molecule has 1 fully saturated rings. The summed E-state index contributed by atoms with van der Waals surface area (Å²) in [7, 11) is 3.53. The molecule has 24 heavy (non-hydrogen) atoms. The molecule has 0 saturated carbocycles. The Kier molecular flexibility index (Phi) is 6.60. The van der Waals surface area contributed by atoms with Crippen molar-refractivity contribution in [2.45, 2.75) is 13.0 Å². The Bertz CT molecular complexity index is 586. The van der Waals surface area contributed by atoms with Gasteiger partial charge >= 0.3 is 0 Å². The molecule has 132 valence electrons. The molecule has 0 bridgehead atoms. The number of likely N-dealkylation sites (N-methyl/N-ethyl adjacent to an activating group) is 1. The van der Waals surface area contributed by atoms with Gasteiger partial charge in [0.25, 0.3) is 0 Å². The molecule has 0 spiro atoms. The van der Waals surface area contributed by atoms with Gasteiger partial charge in [0, 0.05) is 40.3 Å². The van der Waals surface area contributed by atoms with E-state index in [9.17, 15) is 9.59 Å². The lowest BCUT2D eigenvalue weighted by molar-refractivity contribution is -0.131. The van der Waals surface area contributed by atoms with Gasteiger partial charge in [-0.3, -0.25) is 19.4 Å². The molecule has 7 heteroatoms. The van der Waals surface area contributed by atoms with Gasteiger partial charge in [-0.05, 0) is 19.1 Å². The highest BCUT2D eigenvalue weighted by atomic mass is 35.5. The summed E-state index contributed by atoms with van der Waals surface area (Å²) in [6.07, 6.45) is 0. The summed E-state index contributed by atoms with van der Waals surface area (Å²) in [5.41, 5.74) is 0.631. The summed E-state index contributed by atoms with van der Waals surface area (Å²) in [5, 5.41) is 3.41. The first-order chi connectivity index (χ1) is 11.4. The van der Waals surface area contributed by atoms with Crippen LogP contribution in [0.2, 0.25) is 5.02 Å². The van der Waals surface area contributed by atoms with Crippen molar-refractivity contribution in [1.29, 1.82) is 0 Å². The largest absolute Gasteiger partial charge is 0.348 e. The predicted octanol–water partition coefficient (Wildman–Crippen LogP) is 1.37. The van der Waals surface area contributed by atoms with Crippen molar-refractivity contribution < 1.29 is 9.59 Å². The number of nitrogens with one attached hydrogen (secondary N) is 1. The number of halogens is 1. The van der Waals surface area contributed by atoms with Crippen LogP contribution in [0.15, 0.2) is 24.3 Å². The van der Waals surface area contributed by atoms with Crippen LogP contribution >= 0.6 is 11.6 Å². The number of carbonyl (C=O) groups is 2. The third-order valence-electron chi connectivity index (χ3n) is 4.32. The van der Waals surface area contributed by atoms with E-state index in [-0.39, 0.29) is 17.9 Å². The molecule has 1 atom stereocenters. The summed E-state index contributed by atoms with van der Waals surface area (Å²) < 4.78 is 0. The quantitative estimate of drug-likeness (QED) is 0.869. The summed E-state index contributed by atoms with van der Waals surface area (Å²) in [5.74, 6) is 0.0360. The number of anilines is 1. The highest BCUT2D eigenvalue weighted by Gasteiger charge is 2.26. The molecule has 0 aromatic heterocycles. The fourth-order valence-electron chi connectivity index (χ4n) is 2.61. The molecule has 1 N–H and O–H groups in total. The molecular weight excluding hydrogens is 328 g/mol. The van der Waals surface area contributed by atoms with Crippen LogP contribution in [0, 0.1) is 0 Å². The monoisotopic (exact) mass is 352 g/mol. The standard InChI is InChI=1S/C17H25ClN4O2/c1-13(17(24)19-15-7-5-4-6-14(15)18)22-10-8-21(9-11-22)12-16(23)20(2)3/h4-7,13H,8-12H2,1-3H3,(H,19,24). The number of para-hydroxylation sites is 1. The first-order valence-electron chi connectivity index (χ1n) is 8.10. The normalized spacial score (nSPS) is 17.3. The number of carbonyl (C=O) groups excluding carboxylic acids is 2. The second-order valence-electron chi connectivity index (χ2n) is 6.25. The van der Waals surface area contributed by atoms with Crippen LogP contribution in [0.4, 0.5) is 5.69 Å². The predicted molar refractivity (Wildman–Crippen MR) is 96.3 cm³/mol. The van der Waals surface area contributed by atoms with Crippen LogP contribution in [0.3, 0.4) is 0 Å². The van der Waals surface area contributed by atoms with Crippen molar-refractivity contribution in [2.24, 2.45) is 0 Å². The van der Waals surface area contributed by atoms with Crippen molar-refractivity contribution in [3.63, 3.8) is 0 Å². The number of hydrogen-bond acceptors (Lipinski definition) is 4. The average molecular weight is 353 g/mol. The third-order valence-corrected chi connectivity index (χ3v) is 4.65. The van der Waals surface area contributed by atoms with Crippen molar-refractivity contribution in [1.82, 2.24) is 14.7 Å². The number of nitrogens with zero attached hydrogens (tertiary/aromatic N) is 3. The Morgan fingerprint density at radius 3 is 2.42 bits per heavy atom. The molecule has 2 rings (SSSR count). The molecule has 1 heterocycles. The summed E-state index contributed by atoms with van der Waals surface area (Å²) >= 11 is 6.08. The number of amides is 2. The molecule has 1 saturated heterocycles. The van der Waals surface area contributed by atoms with Gasteiger partial charge in [0.15, 0.2) is 0 Å². The smallest absolute Gasteiger partial charge is 0.241 e. The average Bonchev–Trinajstić information content (AvgIpc) is 2.56. The molecule has 2 amide bonds. The Labute approximate surface area is 148 Å². The van der Waals surface area contributed by atoms with E-state index in [2.05, 4.69) is 15.1 Å². The van der Waals surface area contributed by atoms with Crippen molar-refractivity contribution in [3.05, 3.63) is 29.3 Å². The number of hydrogen-bond donors (Lipinski definition) is 1. The SMILES string of the molecule is CC(C(=O)Nc1ccccc1Cl)N1CCN(CC(=O)N(C)C)CC1. The molecule has 0 aliphatic carbocycles. The van der Waals surface area contributed by atoms with Gasteiger partial charge in [-0.15, -0.1) is 0 Å². The first kappa shape index (κ1) is 18.7. The van der Waals surface area contributed by atoms with Crippen molar-refractivity contribution >= 4 is 29.1 Å². The van der Waals surface area contributed by atoms with Gasteiger partial charge < -0.3 is 10.2 Å². The second-order valence-corrected chi connectivity index (χ2v) is 6.65. The fraction of sp³-hybridized carbons (Fsp3) is 0.529. The number of rotatable bonds is 5. The summed E-state index contributed by atoms with van der Waals surface area (Å²) in [6, 6.07) is 6.97. The van der Waals surface area contributed by atoms with E-state index in [1.54, 1.807) is 31.1 Å². The lowest BCUT2D eigenvalue weighted by atomic mass is 10.2. The Balaban J connectivity index is 1.84. The molecule has 6 nitrogen and oxygen atoms in total. The summed E-state index contributed by atoms with van der Waals surface area (Å²) in [6.45, 7) is 5.41. The zero-order valence-electron chi connectivity index (χ0n) is 14.5. The first-order valence-corrected chi connectivity index (χ1v) is 8.48. The molecule has 1 unspecified atom stereocenters. The summed E-state index contributed by atoms with van der Waals surface area (Å²) in [4.78, 5) is 30.0. The molecule has 0 radical (unpaired) electrons. The number of benzene rings is 1. The maximum Gasteiger partial charge on any atom is 0.241 e. The van der Waals surface area contributed by atoms with Gasteiger partial charge in [0.05, 0.1) is 23.3 Å². The molecule has 1 aliphatic heterocycles. The molecular formula is C17H25ClN4O2. The maximum absolute atomic E-state index is 12.4. The van der Waals surface area contributed by atoms with E-state index in [0.29, 0.717) is 17.3 Å². The van der Waals surface area contributed by atoms with Crippen LogP contribution in [0.25, 0.3) is 0 Å².